The van der Waals surface area contributed by atoms with E-state index in [-0.39, 0.29) is 18.3 Å². The van der Waals surface area contributed by atoms with E-state index in [0.29, 0.717) is 29.1 Å². The van der Waals surface area contributed by atoms with Gasteiger partial charge in [0.1, 0.15) is 0 Å². The van der Waals surface area contributed by atoms with Crippen LogP contribution in [0.1, 0.15) is 16.1 Å². The molecule has 8 heteroatoms. The minimum atomic E-state index is -3.60. The Morgan fingerprint density at radius 1 is 0.969 bits per heavy atom. The summed E-state index contributed by atoms with van der Waals surface area (Å²) in [6.07, 6.45) is 0. The molecule has 0 aliphatic heterocycles. The number of hydrogen-bond donors (Lipinski definition) is 2. The lowest BCUT2D eigenvalue weighted by molar-refractivity contribution is 0.241. The van der Waals surface area contributed by atoms with Crippen molar-refractivity contribution < 1.29 is 13.2 Å². The lowest BCUT2D eigenvalue weighted by Gasteiger charge is -2.10. The molecule has 0 atom stereocenters. The predicted molar refractivity (Wildman–Crippen MR) is 129 cm³/mol. The van der Waals surface area contributed by atoms with E-state index in [1.165, 1.54) is 0 Å². The van der Waals surface area contributed by atoms with E-state index in [4.69, 9.17) is 0 Å². The van der Waals surface area contributed by atoms with Crippen LogP contribution in [0.5, 0.6) is 0 Å². The molecule has 0 unspecified atom stereocenters. The van der Waals surface area contributed by atoms with Crippen LogP contribution in [0, 0.1) is 6.92 Å². The van der Waals surface area contributed by atoms with Crippen molar-refractivity contribution in [3.05, 3.63) is 88.2 Å². The van der Waals surface area contributed by atoms with Gasteiger partial charge in [0.15, 0.2) is 9.84 Å². The number of hydrogen-bond acceptors (Lipinski definition) is 4. The van der Waals surface area contributed by atoms with Crippen LogP contribution >= 0.6 is 11.3 Å². The highest BCUT2D eigenvalue weighted by Gasteiger charge is 2.25. The second-order valence-electron chi connectivity index (χ2n) is 7.51. The first-order chi connectivity index (χ1) is 15.5. The van der Waals surface area contributed by atoms with Crippen LogP contribution < -0.4 is 10.6 Å². The Hall–Kier alpha value is -3.10. The summed E-state index contributed by atoms with van der Waals surface area (Å²) in [6, 6.07) is 21.0. The number of sulfone groups is 1. The van der Waals surface area contributed by atoms with Crippen molar-refractivity contribution in [3.63, 3.8) is 0 Å². The summed E-state index contributed by atoms with van der Waals surface area (Å²) >= 11 is 1.56. The fourth-order valence-electron chi connectivity index (χ4n) is 3.81. The number of benzene rings is 2. The average molecular weight is 468 g/mol. The van der Waals surface area contributed by atoms with Gasteiger partial charge < -0.3 is 15.2 Å². The monoisotopic (exact) mass is 467 g/mol. The Morgan fingerprint density at radius 2 is 1.72 bits per heavy atom. The number of nitrogens with zero attached hydrogens (tertiary/aromatic N) is 1. The van der Waals surface area contributed by atoms with Gasteiger partial charge >= 0.3 is 6.03 Å². The SMILES string of the molecule is Cc1c(S(=O)(=O)CCNC(=O)NCc2cccs2)c2ccccc2n1Cc1ccccc1. The van der Waals surface area contributed by atoms with Gasteiger partial charge in [0.05, 0.1) is 17.2 Å². The zero-order valence-corrected chi connectivity index (χ0v) is 19.4. The molecule has 0 aliphatic carbocycles. The number of fused-ring (bicyclic) bond motifs is 1. The van der Waals surface area contributed by atoms with Crippen molar-refractivity contribution in [2.45, 2.75) is 24.9 Å². The maximum Gasteiger partial charge on any atom is 0.315 e. The molecule has 166 valence electrons. The second-order valence-corrected chi connectivity index (χ2v) is 10.6. The molecule has 6 nitrogen and oxygen atoms in total. The summed E-state index contributed by atoms with van der Waals surface area (Å²) in [4.78, 5) is 13.4. The molecular weight excluding hydrogens is 442 g/mol. The van der Waals surface area contributed by atoms with Gasteiger partial charge in [-0.2, -0.15) is 0 Å². The Balaban J connectivity index is 1.50. The topological polar surface area (TPSA) is 80.2 Å². The van der Waals surface area contributed by atoms with Crippen LogP contribution in [-0.4, -0.2) is 31.3 Å². The van der Waals surface area contributed by atoms with Crippen molar-refractivity contribution in [3.8, 4) is 0 Å². The third-order valence-corrected chi connectivity index (χ3v) is 8.08. The van der Waals surface area contributed by atoms with E-state index in [1.807, 2.05) is 83.6 Å². The zero-order valence-electron chi connectivity index (χ0n) is 17.7. The first kappa shape index (κ1) is 22.1. The van der Waals surface area contributed by atoms with Crippen LogP contribution in [0.25, 0.3) is 10.9 Å². The molecule has 0 radical (unpaired) electrons. The number of amides is 2. The van der Waals surface area contributed by atoms with Gasteiger partial charge in [-0.3, -0.25) is 0 Å². The lowest BCUT2D eigenvalue weighted by atomic mass is 10.2. The molecule has 0 saturated heterocycles. The Bertz CT molecular complexity index is 1310. The van der Waals surface area contributed by atoms with E-state index >= 15 is 0 Å². The van der Waals surface area contributed by atoms with Gasteiger partial charge in [-0.15, -0.1) is 11.3 Å². The third-order valence-electron chi connectivity index (χ3n) is 5.33. The summed E-state index contributed by atoms with van der Waals surface area (Å²) in [5.41, 5.74) is 2.69. The summed E-state index contributed by atoms with van der Waals surface area (Å²) in [7, 11) is -3.60. The number of carbonyl (C=O) groups is 1. The number of thiophene rings is 1. The van der Waals surface area contributed by atoms with E-state index in [2.05, 4.69) is 10.6 Å². The van der Waals surface area contributed by atoms with Crippen LogP contribution in [-0.2, 0) is 22.9 Å². The molecule has 2 aromatic carbocycles. The summed E-state index contributed by atoms with van der Waals surface area (Å²) in [5, 5.41) is 8.05. The summed E-state index contributed by atoms with van der Waals surface area (Å²) in [5.74, 6) is -0.167. The fourth-order valence-corrected chi connectivity index (χ4v) is 6.09. The van der Waals surface area contributed by atoms with Crippen molar-refractivity contribution in [1.82, 2.24) is 15.2 Å². The maximum absolute atomic E-state index is 13.3. The van der Waals surface area contributed by atoms with Crippen LogP contribution in [0.3, 0.4) is 0 Å². The van der Waals surface area contributed by atoms with Gasteiger partial charge in [0, 0.05) is 34.6 Å². The third kappa shape index (κ3) is 4.87. The number of urea groups is 1. The maximum atomic E-state index is 13.3. The lowest BCUT2D eigenvalue weighted by Crippen LogP contribution is -2.37. The van der Waals surface area contributed by atoms with Crippen molar-refractivity contribution in [2.75, 3.05) is 12.3 Å². The number of rotatable bonds is 8. The van der Waals surface area contributed by atoms with Crippen molar-refractivity contribution >= 4 is 38.1 Å². The molecule has 0 aliphatic rings. The van der Waals surface area contributed by atoms with Crippen LogP contribution in [0.15, 0.2) is 77.0 Å². The van der Waals surface area contributed by atoms with Gasteiger partial charge in [0.25, 0.3) is 0 Å². The zero-order chi connectivity index (χ0) is 22.6. The Kier molecular flexibility index (Phi) is 6.62. The number of para-hydroxylation sites is 1. The number of nitrogens with one attached hydrogen (secondary N) is 2. The number of carbonyl (C=O) groups excluding carboxylic acids is 1. The highest BCUT2D eigenvalue weighted by Crippen LogP contribution is 2.31. The van der Waals surface area contributed by atoms with Gasteiger partial charge in [0.2, 0.25) is 0 Å². The molecule has 2 heterocycles. The molecule has 0 fully saturated rings. The highest BCUT2D eigenvalue weighted by molar-refractivity contribution is 7.91. The smallest absolute Gasteiger partial charge is 0.315 e. The minimum absolute atomic E-state index is 0.0379. The van der Waals surface area contributed by atoms with Crippen molar-refractivity contribution in [2.24, 2.45) is 0 Å². The van der Waals surface area contributed by atoms with Gasteiger partial charge in [-0.1, -0.05) is 54.6 Å². The molecule has 2 N–H and O–H groups in total. The molecular formula is C24H25N3O3S2. The Labute approximate surface area is 191 Å². The van der Waals surface area contributed by atoms with Crippen LogP contribution in [0.2, 0.25) is 0 Å². The predicted octanol–water partition coefficient (Wildman–Crippen LogP) is 4.33. The molecule has 4 aromatic rings. The quantitative estimate of drug-likeness (QED) is 0.405. The first-order valence-corrected chi connectivity index (χ1v) is 12.9. The Morgan fingerprint density at radius 3 is 2.47 bits per heavy atom. The van der Waals surface area contributed by atoms with Gasteiger partial charge in [-0.05, 0) is 30.0 Å². The van der Waals surface area contributed by atoms with Crippen molar-refractivity contribution in [1.29, 1.82) is 0 Å². The minimum Gasteiger partial charge on any atom is -0.339 e. The van der Waals surface area contributed by atoms with E-state index < -0.39 is 9.84 Å². The largest absolute Gasteiger partial charge is 0.339 e. The number of aromatic nitrogens is 1. The second kappa shape index (κ2) is 9.58. The molecule has 4 rings (SSSR count). The molecule has 2 aromatic heterocycles. The molecule has 0 bridgehead atoms. The van der Waals surface area contributed by atoms with Gasteiger partial charge in [-0.25, -0.2) is 13.2 Å². The molecule has 0 spiro atoms. The highest BCUT2D eigenvalue weighted by atomic mass is 32.2. The molecule has 0 saturated carbocycles. The summed E-state index contributed by atoms with van der Waals surface area (Å²) < 4.78 is 28.6. The standard InChI is InChI=1S/C24H25N3O3S2/c1-18-23(32(29,30)15-13-25-24(28)26-16-20-10-7-14-31-20)21-11-5-6-12-22(21)27(18)17-19-8-3-2-4-9-19/h2-12,14H,13,15-17H2,1H3,(H2,25,26,28). The molecule has 32 heavy (non-hydrogen) atoms. The van der Waals surface area contributed by atoms with Crippen LogP contribution in [0.4, 0.5) is 4.79 Å². The van der Waals surface area contributed by atoms with E-state index in [9.17, 15) is 13.2 Å². The molecule has 2 amide bonds. The summed E-state index contributed by atoms with van der Waals surface area (Å²) in [6.45, 7) is 2.89. The normalized spacial score (nSPS) is 11.5. The first-order valence-electron chi connectivity index (χ1n) is 10.3. The van der Waals surface area contributed by atoms with E-state index in [1.54, 1.807) is 11.3 Å². The van der Waals surface area contributed by atoms with E-state index in [0.717, 1.165) is 16.0 Å². The average Bonchev–Trinajstić information content (AvgIpc) is 3.40. The fraction of sp³-hybridized carbons (Fsp3) is 0.208.